The highest BCUT2D eigenvalue weighted by Gasteiger charge is 2.15. The minimum atomic E-state index is -1.19. The molecule has 4 nitrogen and oxygen atoms in total. The molecule has 0 aromatic heterocycles. The third-order valence-corrected chi connectivity index (χ3v) is 3.80. The zero-order valence-electron chi connectivity index (χ0n) is 9.41. The first-order valence-electron chi connectivity index (χ1n) is 4.89. The van der Waals surface area contributed by atoms with Crippen LogP contribution in [-0.4, -0.2) is 30.2 Å². The number of carboxylic acids is 2. The second-order valence-corrected chi connectivity index (χ2v) is 10.3. The summed E-state index contributed by atoms with van der Waals surface area (Å²) in [5.41, 5.74) is -0.0132. The summed E-state index contributed by atoms with van der Waals surface area (Å²) in [6.45, 7) is 6.61. The molecule has 0 amide bonds. The van der Waals surface area contributed by atoms with E-state index in [0.717, 1.165) is 18.5 Å². The van der Waals surface area contributed by atoms with Gasteiger partial charge in [-0.1, -0.05) is 32.1 Å². The maximum atomic E-state index is 10.7. The first-order valence-corrected chi connectivity index (χ1v) is 8.60. The van der Waals surface area contributed by atoms with Crippen molar-refractivity contribution in [1.82, 2.24) is 0 Å². The molecule has 0 aliphatic rings. The maximum absolute atomic E-state index is 10.7. The second-order valence-electron chi connectivity index (χ2n) is 4.73. The van der Waals surface area contributed by atoms with E-state index in [2.05, 4.69) is 19.6 Å². The van der Waals surface area contributed by atoms with E-state index in [0.29, 0.717) is 6.42 Å². The zero-order valence-corrected chi connectivity index (χ0v) is 10.4. The number of carbonyl (C=O) groups is 2. The van der Waals surface area contributed by atoms with Gasteiger partial charge in [0.2, 0.25) is 0 Å². The van der Waals surface area contributed by atoms with Crippen LogP contribution in [0.15, 0.2) is 11.6 Å². The fourth-order valence-electron chi connectivity index (χ4n) is 1.20. The Balaban J connectivity index is 4.22. The summed E-state index contributed by atoms with van der Waals surface area (Å²) in [7, 11) is -1.17. The van der Waals surface area contributed by atoms with Gasteiger partial charge in [0, 0.05) is 19.7 Å². The Hall–Kier alpha value is -1.10. The van der Waals surface area contributed by atoms with E-state index < -0.39 is 20.0 Å². The van der Waals surface area contributed by atoms with Crippen LogP contribution in [0.2, 0.25) is 25.7 Å². The molecule has 86 valence electrons. The number of hydrogen-bond acceptors (Lipinski definition) is 2. The highest BCUT2D eigenvalue weighted by atomic mass is 28.3. The van der Waals surface area contributed by atoms with Crippen LogP contribution in [0.25, 0.3) is 0 Å². The standard InChI is InChI=1S/C10H18O4Si/c1-15(2,3)6-4-5-8(10(13)14)7-9(11)12/h7H,4-6H2,1-3H3,(H,11,12)(H,13,14). The molecule has 0 aromatic rings. The van der Waals surface area contributed by atoms with E-state index >= 15 is 0 Å². The number of aliphatic carboxylic acids is 2. The molecule has 0 heterocycles. The lowest BCUT2D eigenvalue weighted by atomic mass is 10.1. The predicted molar refractivity (Wildman–Crippen MR) is 60.7 cm³/mol. The molecule has 0 aliphatic heterocycles. The van der Waals surface area contributed by atoms with Gasteiger partial charge in [-0.15, -0.1) is 0 Å². The highest BCUT2D eigenvalue weighted by molar-refractivity contribution is 6.76. The van der Waals surface area contributed by atoms with Crippen molar-refractivity contribution in [1.29, 1.82) is 0 Å². The molecule has 5 heteroatoms. The largest absolute Gasteiger partial charge is 0.478 e. The van der Waals surface area contributed by atoms with Crippen molar-refractivity contribution in [2.75, 3.05) is 0 Å². The molecule has 0 fully saturated rings. The first-order chi connectivity index (χ1) is 6.72. The molecule has 2 N–H and O–H groups in total. The predicted octanol–water partition coefficient (Wildman–Crippen LogP) is 2.20. The van der Waals surface area contributed by atoms with Gasteiger partial charge in [-0.2, -0.15) is 0 Å². The fraction of sp³-hybridized carbons (Fsp3) is 0.600. The van der Waals surface area contributed by atoms with Crippen LogP contribution in [-0.2, 0) is 9.59 Å². The molecular formula is C10H18O4Si. The molecule has 0 spiro atoms. The van der Waals surface area contributed by atoms with Gasteiger partial charge in [0.05, 0.1) is 0 Å². The molecule has 0 atom stereocenters. The summed E-state index contributed by atoms with van der Waals surface area (Å²) >= 11 is 0. The minimum absolute atomic E-state index is 0.0132. The van der Waals surface area contributed by atoms with Crippen molar-refractivity contribution in [3.63, 3.8) is 0 Å². The summed E-state index contributed by atoms with van der Waals surface area (Å²) < 4.78 is 0. The quantitative estimate of drug-likeness (QED) is 0.542. The Labute approximate surface area is 90.6 Å². The first kappa shape index (κ1) is 13.9. The van der Waals surface area contributed by atoms with Crippen LogP contribution in [0, 0.1) is 0 Å². The van der Waals surface area contributed by atoms with E-state index in [1.54, 1.807) is 0 Å². The summed E-state index contributed by atoms with van der Waals surface area (Å²) in [6.07, 6.45) is 1.87. The average molecular weight is 230 g/mol. The lowest BCUT2D eigenvalue weighted by molar-refractivity contribution is -0.135. The smallest absolute Gasteiger partial charge is 0.331 e. The van der Waals surface area contributed by atoms with E-state index in [4.69, 9.17) is 10.2 Å². The van der Waals surface area contributed by atoms with Gasteiger partial charge in [0.1, 0.15) is 0 Å². The normalized spacial score (nSPS) is 12.6. The fourth-order valence-corrected chi connectivity index (χ4v) is 2.44. The van der Waals surface area contributed by atoms with Crippen molar-refractivity contribution in [3.05, 3.63) is 11.6 Å². The molecule has 0 aliphatic carbocycles. The summed E-state index contributed by atoms with van der Waals surface area (Å²) in [6, 6.07) is 1.01. The van der Waals surface area contributed by atoms with E-state index in [1.165, 1.54) is 0 Å². The second kappa shape index (κ2) is 5.70. The van der Waals surface area contributed by atoms with Gasteiger partial charge < -0.3 is 10.2 Å². The lowest BCUT2D eigenvalue weighted by Gasteiger charge is -2.14. The Bertz CT molecular complexity index is 276. The Kier molecular flexibility index (Phi) is 5.28. The van der Waals surface area contributed by atoms with Crippen molar-refractivity contribution in [3.8, 4) is 0 Å². The van der Waals surface area contributed by atoms with Crippen LogP contribution < -0.4 is 0 Å². The van der Waals surface area contributed by atoms with E-state index in [-0.39, 0.29) is 5.57 Å². The number of hydrogen-bond donors (Lipinski definition) is 2. The molecule has 0 unspecified atom stereocenters. The molecule has 0 rings (SSSR count). The average Bonchev–Trinajstić information content (AvgIpc) is 1.99. The molecule has 15 heavy (non-hydrogen) atoms. The molecule has 0 saturated carbocycles. The number of carboxylic acid groups (broad SMARTS) is 2. The Morgan fingerprint density at radius 3 is 2.07 bits per heavy atom. The highest BCUT2D eigenvalue weighted by Crippen LogP contribution is 2.16. The third kappa shape index (κ3) is 7.93. The summed E-state index contributed by atoms with van der Waals surface area (Å²) in [5, 5.41) is 17.2. The molecular weight excluding hydrogens is 212 g/mol. The van der Waals surface area contributed by atoms with Gasteiger partial charge in [-0.05, 0) is 6.42 Å². The molecule has 0 aromatic carbocycles. The van der Waals surface area contributed by atoms with Crippen LogP contribution in [0.3, 0.4) is 0 Å². The van der Waals surface area contributed by atoms with E-state index in [1.807, 2.05) is 0 Å². The maximum Gasteiger partial charge on any atom is 0.331 e. The van der Waals surface area contributed by atoms with Crippen LogP contribution >= 0.6 is 0 Å². The minimum Gasteiger partial charge on any atom is -0.478 e. The lowest BCUT2D eigenvalue weighted by Crippen LogP contribution is -2.19. The third-order valence-electron chi connectivity index (χ3n) is 1.95. The van der Waals surface area contributed by atoms with Gasteiger partial charge in [0.15, 0.2) is 0 Å². The van der Waals surface area contributed by atoms with Crippen molar-refractivity contribution < 1.29 is 19.8 Å². The monoisotopic (exact) mass is 230 g/mol. The molecule has 0 saturated heterocycles. The van der Waals surface area contributed by atoms with Crippen LogP contribution in [0.5, 0.6) is 0 Å². The SMILES string of the molecule is C[Si](C)(C)CCCC(=CC(=O)O)C(=O)O. The van der Waals surface area contributed by atoms with Crippen molar-refractivity contribution >= 4 is 20.0 Å². The summed E-state index contributed by atoms with van der Waals surface area (Å²) in [4.78, 5) is 21.0. The Morgan fingerprint density at radius 2 is 1.73 bits per heavy atom. The van der Waals surface area contributed by atoms with Gasteiger partial charge in [-0.3, -0.25) is 0 Å². The van der Waals surface area contributed by atoms with Gasteiger partial charge in [0.25, 0.3) is 0 Å². The zero-order chi connectivity index (χ0) is 12.1. The van der Waals surface area contributed by atoms with E-state index in [9.17, 15) is 9.59 Å². The topological polar surface area (TPSA) is 74.6 Å². The van der Waals surface area contributed by atoms with Gasteiger partial charge in [-0.25, -0.2) is 9.59 Å². The number of rotatable bonds is 6. The van der Waals surface area contributed by atoms with Gasteiger partial charge >= 0.3 is 11.9 Å². The van der Waals surface area contributed by atoms with Crippen molar-refractivity contribution in [2.24, 2.45) is 0 Å². The molecule has 0 radical (unpaired) electrons. The summed E-state index contributed by atoms with van der Waals surface area (Å²) in [5.74, 6) is -2.33. The molecule has 0 bridgehead atoms. The van der Waals surface area contributed by atoms with Crippen LogP contribution in [0.4, 0.5) is 0 Å². The Morgan fingerprint density at radius 1 is 1.20 bits per heavy atom. The van der Waals surface area contributed by atoms with Crippen LogP contribution in [0.1, 0.15) is 12.8 Å². The van der Waals surface area contributed by atoms with Crippen molar-refractivity contribution in [2.45, 2.75) is 38.5 Å².